The zero-order valence-corrected chi connectivity index (χ0v) is 22.5. The molecule has 4 aromatic rings. The van der Waals surface area contributed by atoms with Gasteiger partial charge < -0.3 is 19.3 Å². The smallest absolute Gasteiger partial charge is 0.243 e. The Bertz CT molecular complexity index is 1520. The van der Waals surface area contributed by atoms with E-state index in [2.05, 4.69) is 19.9 Å². The molecule has 0 saturated heterocycles. The van der Waals surface area contributed by atoms with Gasteiger partial charge in [0, 0.05) is 6.07 Å². The number of nitrogens with one attached hydrogen (secondary N) is 1. The lowest BCUT2D eigenvalue weighted by Crippen LogP contribution is -2.32. The molecule has 0 amide bonds. The number of benzene rings is 2. The number of aliphatic hydroxyl groups excluding tert-OH is 1. The van der Waals surface area contributed by atoms with Crippen LogP contribution in [-0.4, -0.2) is 59.3 Å². The lowest BCUT2D eigenvalue weighted by Gasteiger charge is -2.21. The normalized spacial score (nSPS) is 13.0. The van der Waals surface area contributed by atoms with Gasteiger partial charge in [0.05, 0.1) is 26.9 Å². The average molecular weight is 558 g/mol. The highest BCUT2D eigenvalue weighted by Crippen LogP contribution is 2.38. The molecule has 0 aliphatic heterocycles. The van der Waals surface area contributed by atoms with Crippen LogP contribution in [0.1, 0.15) is 25.5 Å². The van der Waals surface area contributed by atoms with Crippen molar-refractivity contribution in [2.45, 2.75) is 25.2 Å². The Balaban J connectivity index is 1.84. The largest absolute Gasteiger partial charge is 0.494 e. The lowest BCUT2D eigenvalue weighted by molar-refractivity contribution is 0.176. The Labute approximate surface area is 225 Å². The van der Waals surface area contributed by atoms with Crippen molar-refractivity contribution < 1.29 is 32.1 Å². The molecule has 0 aliphatic rings. The summed E-state index contributed by atoms with van der Waals surface area (Å²) < 4.78 is 60.7. The molecular formula is C26H28FN5O6S. The summed E-state index contributed by atoms with van der Waals surface area (Å²) in [6.45, 7) is 3.54. The van der Waals surface area contributed by atoms with Crippen LogP contribution in [0, 0.1) is 5.82 Å². The minimum atomic E-state index is -4.27. The topological polar surface area (TPSA) is 138 Å². The summed E-state index contributed by atoms with van der Waals surface area (Å²) in [7, 11) is -1.35. The number of halogens is 1. The van der Waals surface area contributed by atoms with Gasteiger partial charge in [-0.2, -0.15) is 0 Å². The molecule has 0 unspecified atom stereocenters. The van der Waals surface area contributed by atoms with Crippen LogP contribution in [0.2, 0.25) is 0 Å². The maximum atomic E-state index is 13.4. The number of sulfonamides is 1. The molecule has 39 heavy (non-hydrogen) atoms. The fourth-order valence-corrected chi connectivity index (χ4v) is 4.94. The van der Waals surface area contributed by atoms with Crippen molar-refractivity contribution in [3.63, 3.8) is 0 Å². The molecule has 2 heterocycles. The summed E-state index contributed by atoms with van der Waals surface area (Å²) in [5, 5.41) is 17.7. The first kappa shape index (κ1) is 27.8. The van der Waals surface area contributed by atoms with Gasteiger partial charge in [-0.3, -0.25) is 9.29 Å². The predicted molar refractivity (Wildman–Crippen MR) is 142 cm³/mol. The number of pyridine rings is 1. The van der Waals surface area contributed by atoms with Gasteiger partial charge in [0.25, 0.3) is 0 Å². The molecule has 0 radical (unpaired) electrons. The van der Waals surface area contributed by atoms with Crippen molar-refractivity contribution in [2.75, 3.05) is 25.5 Å². The van der Waals surface area contributed by atoms with Crippen LogP contribution in [-0.2, 0) is 10.0 Å². The van der Waals surface area contributed by atoms with Crippen molar-refractivity contribution in [1.29, 1.82) is 0 Å². The number of ether oxygens (including phenoxy) is 3. The second kappa shape index (κ2) is 11.7. The van der Waals surface area contributed by atoms with Gasteiger partial charge in [-0.15, -0.1) is 10.2 Å². The molecule has 0 fully saturated rings. The van der Waals surface area contributed by atoms with E-state index >= 15 is 0 Å². The Hall–Kier alpha value is -4.23. The van der Waals surface area contributed by atoms with Crippen LogP contribution >= 0.6 is 0 Å². The SMILES string of the molecule is CCOc1cccc(-c2nnc(NS(=O)(=O)[C@@H](C)[C@@H](O)c3ccc(F)cc3)n2-c2c(OC)cccc2OC)n1. The standard InChI is InChI=1S/C26H28FN5O6S/c1-5-38-22-11-6-8-19(28-22)25-29-30-26(32(25)23-20(36-3)9-7-10-21(23)37-4)31-39(34,35)16(2)24(33)17-12-14-18(27)15-13-17/h6-16,24,33H,5H2,1-4H3,(H,30,31)/t16-,24+/m0/s1. The first-order valence-corrected chi connectivity index (χ1v) is 13.5. The number of nitrogens with zero attached hydrogens (tertiary/aromatic N) is 4. The van der Waals surface area contributed by atoms with Crippen LogP contribution in [0.5, 0.6) is 17.4 Å². The third-order valence-electron chi connectivity index (χ3n) is 5.91. The van der Waals surface area contributed by atoms with Crippen molar-refractivity contribution in [3.05, 3.63) is 72.0 Å². The molecule has 2 atom stereocenters. The second-order valence-electron chi connectivity index (χ2n) is 8.34. The lowest BCUT2D eigenvalue weighted by atomic mass is 10.1. The predicted octanol–water partition coefficient (Wildman–Crippen LogP) is 3.75. The quantitative estimate of drug-likeness (QED) is 0.282. The minimum Gasteiger partial charge on any atom is -0.494 e. The molecule has 206 valence electrons. The van der Waals surface area contributed by atoms with Crippen molar-refractivity contribution in [3.8, 4) is 34.6 Å². The van der Waals surface area contributed by atoms with E-state index < -0.39 is 27.2 Å². The number of hydrogen-bond donors (Lipinski definition) is 2. The van der Waals surface area contributed by atoms with Gasteiger partial charge in [-0.05, 0) is 49.7 Å². The van der Waals surface area contributed by atoms with Gasteiger partial charge in [-0.1, -0.05) is 24.3 Å². The van der Waals surface area contributed by atoms with E-state index in [9.17, 15) is 17.9 Å². The van der Waals surface area contributed by atoms with Gasteiger partial charge >= 0.3 is 0 Å². The zero-order chi connectivity index (χ0) is 28.2. The number of rotatable bonds is 11. The molecular weight excluding hydrogens is 529 g/mol. The van der Waals surface area contributed by atoms with Gasteiger partial charge in [0.1, 0.15) is 33.9 Å². The van der Waals surface area contributed by atoms with E-state index in [0.29, 0.717) is 35.4 Å². The molecule has 11 nitrogen and oxygen atoms in total. The number of aromatic nitrogens is 4. The van der Waals surface area contributed by atoms with Crippen LogP contribution < -0.4 is 18.9 Å². The molecule has 0 bridgehead atoms. The van der Waals surface area contributed by atoms with Gasteiger partial charge in [-0.25, -0.2) is 17.8 Å². The maximum absolute atomic E-state index is 13.4. The van der Waals surface area contributed by atoms with E-state index in [1.165, 1.54) is 37.8 Å². The summed E-state index contributed by atoms with van der Waals surface area (Å²) >= 11 is 0. The Kier molecular flexibility index (Phi) is 8.31. The van der Waals surface area contributed by atoms with Gasteiger partial charge in [0.15, 0.2) is 5.82 Å². The highest BCUT2D eigenvalue weighted by molar-refractivity contribution is 7.93. The first-order chi connectivity index (χ1) is 18.7. The van der Waals surface area contributed by atoms with Crippen molar-refractivity contribution in [1.82, 2.24) is 19.7 Å². The van der Waals surface area contributed by atoms with E-state index in [1.54, 1.807) is 36.4 Å². The highest BCUT2D eigenvalue weighted by atomic mass is 32.2. The average Bonchev–Trinajstić information content (AvgIpc) is 3.34. The Morgan fingerprint density at radius 1 is 1.00 bits per heavy atom. The van der Waals surface area contributed by atoms with Crippen LogP contribution in [0.25, 0.3) is 17.2 Å². The molecule has 4 rings (SSSR count). The number of anilines is 1. The molecule has 2 N–H and O–H groups in total. The van der Waals surface area contributed by atoms with Crippen LogP contribution in [0.3, 0.4) is 0 Å². The van der Waals surface area contributed by atoms with E-state index in [-0.39, 0.29) is 17.3 Å². The van der Waals surface area contributed by atoms with Crippen molar-refractivity contribution >= 4 is 16.0 Å². The van der Waals surface area contributed by atoms with E-state index in [1.807, 2.05) is 6.92 Å². The first-order valence-electron chi connectivity index (χ1n) is 11.9. The number of aliphatic hydroxyl groups is 1. The highest BCUT2D eigenvalue weighted by Gasteiger charge is 2.32. The fraction of sp³-hybridized carbons (Fsp3) is 0.269. The van der Waals surface area contributed by atoms with Crippen molar-refractivity contribution in [2.24, 2.45) is 0 Å². The third-order valence-corrected chi connectivity index (χ3v) is 7.62. The summed E-state index contributed by atoms with van der Waals surface area (Å²) in [5.41, 5.74) is 0.890. The van der Waals surface area contributed by atoms with Crippen LogP contribution in [0.4, 0.5) is 10.3 Å². The van der Waals surface area contributed by atoms with E-state index in [4.69, 9.17) is 14.2 Å². The Morgan fingerprint density at radius 3 is 2.26 bits per heavy atom. The number of methoxy groups -OCH3 is 2. The summed E-state index contributed by atoms with van der Waals surface area (Å²) in [4.78, 5) is 4.47. The zero-order valence-electron chi connectivity index (χ0n) is 21.7. The summed E-state index contributed by atoms with van der Waals surface area (Å²) in [5.74, 6) is 0.494. The third kappa shape index (κ3) is 5.78. The molecule has 2 aromatic carbocycles. The molecule has 0 aliphatic carbocycles. The number of hydrogen-bond acceptors (Lipinski definition) is 9. The Morgan fingerprint density at radius 2 is 1.64 bits per heavy atom. The molecule has 0 spiro atoms. The molecule has 0 saturated carbocycles. The molecule has 13 heteroatoms. The van der Waals surface area contributed by atoms with Gasteiger partial charge in [0.2, 0.25) is 21.9 Å². The van der Waals surface area contributed by atoms with E-state index in [0.717, 1.165) is 12.1 Å². The maximum Gasteiger partial charge on any atom is 0.243 e. The second-order valence-corrected chi connectivity index (χ2v) is 10.4. The molecule has 2 aromatic heterocycles. The monoisotopic (exact) mass is 557 g/mol. The fourth-order valence-electron chi connectivity index (χ4n) is 3.87. The van der Waals surface area contributed by atoms with Crippen LogP contribution in [0.15, 0.2) is 60.7 Å². The summed E-state index contributed by atoms with van der Waals surface area (Å²) in [6.07, 6.45) is -1.45. The summed E-state index contributed by atoms with van der Waals surface area (Å²) in [6, 6.07) is 15.1. The minimum absolute atomic E-state index is 0.170. The number of para-hydroxylation sites is 1.